The lowest BCUT2D eigenvalue weighted by Gasteiger charge is -2.38. The molecule has 9 nitrogen and oxygen atoms in total. The highest BCUT2D eigenvalue weighted by Crippen LogP contribution is 2.35. The van der Waals surface area contributed by atoms with E-state index in [4.69, 9.17) is 22.1 Å². The first-order valence-corrected chi connectivity index (χ1v) is 13.6. The number of amides is 1. The van der Waals surface area contributed by atoms with E-state index in [1.807, 2.05) is 6.07 Å². The number of carbonyl (C=O) groups excluding carboxylic acids is 1. The molecule has 0 unspecified atom stereocenters. The summed E-state index contributed by atoms with van der Waals surface area (Å²) in [6.45, 7) is 1.04. The Balaban J connectivity index is 1.32. The number of hydrogen-bond acceptors (Lipinski definition) is 9. The SMILES string of the molecule is NC(=O)c1sccc1Nc1nc(Nc2ccc(N3CCC(N4CCCC4)CC3)cc2OC(F)F)ncc1Cl. The number of rotatable bonds is 9. The van der Waals surface area contributed by atoms with Crippen LogP contribution in [0.5, 0.6) is 5.75 Å². The van der Waals surface area contributed by atoms with Crippen molar-refractivity contribution in [3.8, 4) is 5.75 Å². The summed E-state index contributed by atoms with van der Waals surface area (Å²) >= 11 is 7.43. The van der Waals surface area contributed by atoms with Crippen LogP contribution in [0.15, 0.2) is 35.8 Å². The largest absolute Gasteiger partial charge is 0.433 e. The van der Waals surface area contributed by atoms with Crippen molar-refractivity contribution in [1.82, 2.24) is 14.9 Å². The molecule has 202 valence electrons. The summed E-state index contributed by atoms with van der Waals surface area (Å²) in [6.07, 6.45) is 5.98. The van der Waals surface area contributed by atoms with Gasteiger partial charge in [0.2, 0.25) is 5.95 Å². The molecule has 1 amide bonds. The number of carbonyl (C=O) groups is 1. The number of hydrogen-bond donors (Lipinski definition) is 3. The van der Waals surface area contributed by atoms with Crippen LogP contribution in [-0.2, 0) is 0 Å². The molecular weight excluding hydrogens is 536 g/mol. The molecular formula is C25H28ClF2N7O2S. The van der Waals surface area contributed by atoms with Crippen molar-refractivity contribution in [2.24, 2.45) is 5.73 Å². The van der Waals surface area contributed by atoms with Gasteiger partial charge in [-0.1, -0.05) is 11.6 Å². The number of alkyl halides is 2. The quantitative estimate of drug-likeness (QED) is 0.316. The number of aromatic nitrogens is 2. The number of nitrogens with two attached hydrogens (primary N) is 1. The van der Waals surface area contributed by atoms with Crippen LogP contribution in [0.3, 0.4) is 0 Å². The van der Waals surface area contributed by atoms with Crippen molar-refractivity contribution in [2.75, 3.05) is 41.7 Å². The number of anilines is 5. The van der Waals surface area contributed by atoms with Gasteiger partial charge in [0.25, 0.3) is 5.91 Å². The highest BCUT2D eigenvalue weighted by Gasteiger charge is 2.27. The first-order chi connectivity index (χ1) is 18.4. The van der Waals surface area contributed by atoms with Crippen LogP contribution in [0, 0.1) is 0 Å². The number of likely N-dealkylation sites (tertiary alicyclic amines) is 1. The Bertz CT molecular complexity index is 1280. The van der Waals surface area contributed by atoms with Crippen molar-refractivity contribution < 1.29 is 18.3 Å². The van der Waals surface area contributed by atoms with Gasteiger partial charge in [0, 0.05) is 30.9 Å². The average Bonchev–Trinajstić information content (AvgIpc) is 3.60. The number of nitrogens with one attached hydrogen (secondary N) is 2. The second-order valence-corrected chi connectivity index (χ2v) is 10.5. The van der Waals surface area contributed by atoms with Gasteiger partial charge in [0.15, 0.2) is 11.6 Å². The zero-order chi connectivity index (χ0) is 26.6. The molecule has 2 saturated heterocycles. The predicted molar refractivity (Wildman–Crippen MR) is 146 cm³/mol. The number of piperidine rings is 1. The Morgan fingerprint density at radius 1 is 1.13 bits per heavy atom. The minimum absolute atomic E-state index is 0.0129. The second kappa shape index (κ2) is 11.7. The maximum absolute atomic E-state index is 13.3. The lowest BCUT2D eigenvalue weighted by molar-refractivity contribution is -0.0493. The molecule has 0 radical (unpaired) electrons. The molecule has 13 heteroatoms. The fourth-order valence-corrected chi connectivity index (χ4v) is 5.80. The van der Waals surface area contributed by atoms with Crippen LogP contribution < -0.4 is 26.0 Å². The molecule has 38 heavy (non-hydrogen) atoms. The minimum Gasteiger partial charge on any atom is -0.433 e. The van der Waals surface area contributed by atoms with E-state index in [1.54, 1.807) is 23.6 Å². The molecule has 3 aromatic rings. The normalized spacial score (nSPS) is 16.7. The number of thiophene rings is 1. The Kier molecular flexibility index (Phi) is 8.10. The summed E-state index contributed by atoms with van der Waals surface area (Å²) in [6, 6.07) is 7.43. The fraction of sp³-hybridized carbons (Fsp3) is 0.400. The number of ether oxygens (including phenoxy) is 1. The number of nitrogens with zero attached hydrogens (tertiary/aromatic N) is 4. The Labute approximate surface area is 227 Å². The number of benzene rings is 1. The lowest BCUT2D eigenvalue weighted by atomic mass is 10.0. The van der Waals surface area contributed by atoms with Crippen molar-refractivity contribution in [2.45, 2.75) is 38.3 Å². The molecule has 0 atom stereocenters. The molecule has 1 aromatic carbocycles. The number of halogens is 3. The van der Waals surface area contributed by atoms with Crippen molar-refractivity contribution >= 4 is 57.7 Å². The first kappa shape index (κ1) is 26.4. The van der Waals surface area contributed by atoms with Crippen molar-refractivity contribution in [1.29, 1.82) is 0 Å². The van der Waals surface area contributed by atoms with Gasteiger partial charge in [-0.2, -0.15) is 13.8 Å². The zero-order valence-corrected chi connectivity index (χ0v) is 22.1. The van der Waals surface area contributed by atoms with Gasteiger partial charge in [-0.05, 0) is 62.4 Å². The minimum atomic E-state index is -3.00. The third kappa shape index (κ3) is 6.08. The summed E-state index contributed by atoms with van der Waals surface area (Å²) in [5, 5.41) is 7.83. The molecule has 2 fully saturated rings. The molecule has 0 aliphatic carbocycles. The van der Waals surface area contributed by atoms with E-state index in [2.05, 4.69) is 30.4 Å². The molecule has 4 N–H and O–H groups in total. The molecule has 0 saturated carbocycles. The first-order valence-electron chi connectivity index (χ1n) is 12.4. The van der Waals surface area contributed by atoms with Crippen LogP contribution >= 0.6 is 22.9 Å². The number of primary amides is 1. The lowest BCUT2D eigenvalue weighted by Crippen LogP contribution is -2.43. The highest BCUT2D eigenvalue weighted by atomic mass is 35.5. The van der Waals surface area contributed by atoms with Gasteiger partial charge in [-0.15, -0.1) is 11.3 Å². The van der Waals surface area contributed by atoms with Crippen LogP contribution in [0.25, 0.3) is 0 Å². The summed E-state index contributed by atoms with van der Waals surface area (Å²) in [5.74, 6) is -0.272. The molecule has 5 rings (SSSR count). The van der Waals surface area contributed by atoms with E-state index < -0.39 is 12.5 Å². The standard InChI is InChI=1S/C25H28ClF2N7O2S/c26-17-14-30-25(33-23(17)31-19-7-12-38-21(19)22(29)36)32-18-4-3-16(13-20(18)37-24(27)28)35-10-5-15(6-11-35)34-8-1-2-9-34/h3-4,7,12-15,24H,1-2,5-6,8-11H2,(H2,29,36)(H2,30,31,32,33). The van der Waals surface area contributed by atoms with E-state index in [-0.39, 0.29) is 28.2 Å². The monoisotopic (exact) mass is 563 g/mol. The van der Waals surface area contributed by atoms with Gasteiger partial charge < -0.3 is 30.9 Å². The topological polar surface area (TPSA) is 109 Å². The Morgan fingerprint density at radius 3 is 2.61 bits per heavy atom. The Hall–Kier alpha value is -3.22. The van der Waals surface area contributed by atoms with Crippen LogP contribution in [0.4, 0.5) is 37.6 Å². The zero-order valence-electron chi connectivity index (χ0n) is 20.5. The van der Waals surface area contributed by atoms with Crippen molar-refractivity contribution in [3.05, 3.63) is 45.7 Å². The highest BCUT2D eigenvalue weighted by molar-refractivity contribution is 7.12. The maximum Gasteiger partial charge on any atom is 0.387 e. The van der Waals surface area contributed by atoms with Crippen LogP contribution in [0.2, 0.25) is 5.02 Å². The fourth-order valence-electron chi connectivity index (χ4n) is 4.96. The second-order valence-electron chi connectivity index (χ2n) is 9.19. The van der Waals surface area contributed by atoms with Crippen LogP contribution in [-0.4, -0.2) is 59.6 Å². The maximum atomic E-state index is 13.3. The van der Waals surface area contributed by atoms with Gasteiger partial charge in [-0.3, -0.25) is 4.79 Å². The third-order valence-corrected chi connectivity index (χ3v) is 8.01. The third-order valence-electron chi connectivity index (χ3n) is 6.80. The molecule has 0 bridgehead atoms. The van der Waals surface area contributed by atoms with Gasteiger partial charge in [0.1, 0.15) is 9.90 Å². The van der Waals surface area contributed by atoms with E-state index in [0.717, 1.165) is 31.6 Å². The van der Waals surface area contributed by atoms with Gasteiger partial charge in [0.05, 0.1) is 17.6 Å². The molecule has 4 heterocycles. The molecule has 2 aromatic heterocycles. The van der Waals surface area contributed by atoms with Crippen LogP contribution in [0.1, 0.15) is 35.4 Å². The van der Waals surface area contributed by atoms with Crippen molar-refractivity contribution in [3.63, 3.8) is 0 Å². The molecule has 2 aliphatic heterocycles. The van der Waals surface area contributed by atoms with E-state index >= 15 is 0 Å². The van der Waals surface area contributed by atoms with E-state index in [1.165, 1.54) is 43.5 Å². The molecule has 2 aliphatic rings. The average molecular weight is 564 g/mol. The predicted octanol–water partition coefficient (Wildman–Crippen LogP) is 5.44. The van der Waals surface area contributed by atoms with E-state index in [0.29, 0.717) is 16.6 Å². The van der Waals surface area contributed by atoms with Gasteiger partial charge >= 0.3 is 6.61 Å². The Morgan fingerprint density at radius 2 is 1.89 bits per heavy atom. The summed E-state index contributed by atoms with van der Waals surface area (Å²) in [5.41, 5.74) is 6.97. The summed E-state index contributed by atoms with van der Waals surface area (Å²) < 4.78 is 31.5. The summed E-state index contributed by atoms with van der Waals surface area (Å²) in [4.78, 5) is 25.2. The summed E-state index contributed by atoms with van der Waals surface area (Å²) in [7, 11) is 0. The van der Waals surface area contributed by atoms with Gasteiger partial charge in [-0.25, -0.2) is 4.98 Å². The molecule has 0 spiro atoms. The van der Waals surface area contributed by atoms with E-state index in [9.17, 15) is 13.6 Å². The smallest absolute Gasteiger partial charge is 0.387 e.